The summed E-state index contributed by atoms with van der Waals surface area (Å²) in [5, 5.41) is 9.60. The number of aliphatic hydroxyl groups is 1. The number of carbonyl (C=O) groups excluding carboxylic acids is 1. The minimum atomic E-state index is -0.254. The number of carbonyl (C=O) groups is 1. The van der Waals surface area contributed by atoms with Crippen LogP contribution >= 0.6 is 0 Å². The first-order chi connectivity index (χ1) is 8.82. The van der Waals surface area contributed by atoms with Crippen LogP contribution < -0.4 is 0 Å². The summed E-state index contributed by atoms with van der Waals surface area (Å²) in [6, 6.07) is 0. The highest BCUT2D eigenvalue weighted by atomic mass is 19.1. The van der Waals surface area contributed by atoms with Crippen molar-refractivity contribution in [3.8, 4) is 0 Å². The number of rotatable bonds is 1. The highest BCUT2D eigenvalue weighted by molar-refractivity contribution is 5.91. The smallest absolute Gasteiger partial charge is 0.159 e. The molecule has 0 aromatic heterocycles. The van der Waals surface area contributed by atoms with Gasteiger partial charge in [-0.25, -0.2) is 4.39 Å². The molecule has 102 valence electrons. The summed E-state index contributed by atoms with van der Waals surface area (Å²) in [5.74, 6) is -0.567. The second-order valence-corrected chi connectivity index (χ2v) is 5.43. The van der Waals surface area contributed by atoms with E-state index < -0.39 is 0 Å². The predicted molar refractivity (Wildman–Crippen MR) is 73.0 cm³/mol. The predicted octanol–water partition coefficient (Wildman–Crippen LogP) is 3.95. The molecule has 2 rings (SSSR count). The molecular formula is C16H19FO2. The second-order valence-electron chi connectivity index (χ2n) is 5.43. The summed E-state index contributed by atoms with van der Waals surface area (Å²) in [5.41, 5.74) is 4.15. The van der Waals surface area contributed by atoms with Crippen LogP contribution in [0.15, 0.2) is 11.8 Å². The zero-order valence-corrected chi connectivity index (χ0v) is 11.8. The Bertz CT molecular complexity index is 556. The van der Waals surface area contributed by atoms with Gasteiger partial charge in [-0.05, 0) is 55.5 Å². The number of benzene rings is 1. The van der Waals surface area contributed by atoms with Crippen LogP contribution in [0.5, 0.6) is 0 Å². The zero-order chi connectivity index (χ0) is 14.3. The monoisotopic (exact) mass is 262 g/mol. The van der Waals surface area contributed by atoms with E-state index in [1.165, 1.54) is 6.08 Å². The van der Waals surface area contributed by atoms with Crippen molar-refractivity contribution in [2.45, 2.75) is 46.5 Å². The summed E-state index contributed by atoms with van der Waals surface area (Å²) >= 11 is 0. The van der Waals surface area contributed by atoms with Crippen LogP contribution in [0, 0.1) is 33.5 Å². The first-order valence-corrected chi connectivity index (χ1v) is 6.51. The van der Waals surface area contributed by atoms with Crippen molar-refractivity contribution < 1.29 is 14.3 Å². The number of allylic oxidation sites excluding steroid dienone is 2. The Morgan fingerprint density at radius 1 is 1.05 bits per heavy atom. The Morgan fingerprint density at radius 2 is 1.63 bits per heavy atom. The van der Waals surface area contributed by atoms with Gasteiger partial charge in [0.05, 0.1) is 5.76 Å². The molecule has 1 aliphatic rings. The van der Waals surface area contributed by atoms with Crippen molar-refractivity contribution in [1.29, 1.82) is 0 Å². The lowest BCUT2D eigenvalue weighted by Crippen LogP contribution is -2.16. The highest BCUT2D eigenvalue weighted by Gasteiger charge is 2.28. The number of ketones is 1. The molecule has 0 radical (unpaired) electrons. The van der Waals surface area contributed by atoms with E-state index in [9.17, 15) is 14.3 Å². The van der Waals surface area contributed by atoms with E-state index in [2.05, 4.69) is 0 Å². The lowest BCUT2D eigenvalue weighted by atomic mass is 9.80. The zero-order valence-electron chi connectivity index (χ0n) is 11.8. The van der Waals surface area contributed by atoms with E-state index in [1.54, 1.807) is 6.92 Å². The van der Waals surface area contributed by atoms with Crippen molar-refractivity contribution in [2.75, 3.05) is 0 Å². The number of hydrogen-bond acceptors (Lipinski definition) is 2. The number of halogens is 1. The maximum absolute atomic E-state index is 14.5. The Hall–Kier alpha value is -1.64. The van der Waals surface area contributed by atoms with Gasteiger partial charge in [0, 0.05) is 24.8 Å². The van der Waals surface area contributed by atoms with Gasteiger partial charge >= 0.3 is 0 Å². The topological polar surface area (TPSA) is 37.3 Å². The molecule has 0 spiro atoms. The Labute approximate surface area is 113 Å². The van der Waals surface area contributed by atoms with E-state index >= 15 is 0 Å². The SMILES string of the molecule is Cc1c(C)c(C)c(C2CC(=O)C=C(O)C2)c(F)c1C. The fourth-order valence-corrected chi connectivity index (χ4v) is 2.86. The Morgan fingerprint density at radius 3 is 2.21 bits per heavy atom. The molecule has 0 saturated heterocycles. The van der Waals surface area contributed by atoms with Crippen LogP contribution in [0.1, 0.15) is 46.6 Å². The van der Waals surface area contributed by atoms with Crippen molar-refractivity contribution in [3.63, 3.8) is 0 Å². The molecule has 0 aliphatic heterocycles. The molecule has 1 unspecified atom stereocenters. The fraction of sp³-hybridized carbons (Fsp3) is 0.438. The van der Waals surface area contributed by atoms with E-state index in [4.69, 9.17) is 0 Å². The van der Waals surface area contributed by atoms with Gasteiger partial charge in [-0.1, -0.05) is 0 Å². The van der Waals surface area contributed by atoms with Crippen molar-refractivity contribution >= 4 is 5.78 Å². The van der Waals surface area contributed by atoms with Gasteiger partial charge in [-0.3, -0.25) is 4.79 Å². The molecule has 0 saturated carbocycles. The third kappa shape index (κ3) is 2.29. The first-order valence-electron chi connectivity index (χ1n) is 6.51. The normalized spacial score (nSPS) is 19.5. The molecule has 1 N–H and O–H groups in total. The minimum Gasteiger partial charge on any atom is -0.512 e. The fourth-order valence-electron chi connectivity index (χ4n) is 2.86. The molecule has 1 atom stereocenters. The van der Waals surface area contributed by atoms with Crippen LogP contribution in [0.25, 0.3) is 0 Å². The molecule has 19 heavy (non-hydrogen) atoms. The maximum Gasteiger partial charge on any atom is 0.159 e. The van der Waals surface area contributed by atoms with Gasteiger partial charge in [0.25, 0.3) is 0 Å². The van der Waals surface area contributed by atoms with Crippen LogP contribution in [0.4, 0.5) is 4.39 Å². The molecule has 0 fully saturated rings. The average Bonchev–Trinajstić information content (AvgIpc) is 2.33. The highest BCUT2D eigenvalue weighted by Crippen LogP contribution is 2.37. The molecule has 2 nitrogen and oxygen atoms in total. The number of hydrogen-bond donors (Lipinski definition) is 1. The largest absolute Gasteiger partial charge is 0.512 e. The van der Waals surface area contributed by atoms with Gasteiger partial charge in [-0.15, -0.1) is 0 Å². The van der Waals surface area contributed by atoms with E-state index in [0.717, 1.165) is 16.7 Å². The van der Waals surface area contributed by atoms with Gasteiger partial charge in [-0.2, -0.15) is 0 Å². The summed E-state index contributed by atoms with van der Waals surface area (Å²) in [6.45, 7) is 7.54. The maximum atomic E-state index is 14.5. The van der Waals surface area contributed by atoms with Gasteiger partial charge in [0.1, 0.15) is 5.82 Å². The van der Waals surface area contributed by atoms with Gasteiger partial charge in [0.15, 0.2) is 5.78 Å². The second kappa shape index (κ2) is 4.80. The molecule has 3 heteroatoms. The quantitative estimate of drug-likeness (QED) is 0.832. The Kier molecular flexibility index (Phi) is 3.48. The molecule has 1 aromatic rings. The summed E-state index contributed by atoms with van der Waals surface area (Å²) in [4.78, 5) is 11.6. The Balaban J connectivity index is 2.58. The summed E-state index contributed by atoms with van der Waals surface area (Å²) < 4.78 is 14.5. The summed E-state index contributed by atoms with van der Waals surface area (Å²) in [6.07, 6.45) is 1.85. The van der Waals surface area contributed by atoms with Gasteiger partial charge in [0.2, 0.25) is 0 Å². The van der Waals surface area contributed by atoms with Gasteiger partial charge < -0.3 is 5.11 Å². The standard InChI is InChI=1S/C16H19FO2/c1-8-9(2)11(4)16(17)15(10(8)3)12-5-13(18)7-14(19)6-12/h7,12,18H,5-6H2,1-4H3. The molecule has 1 aromatic carbocycles. The van der Waals surface area contributed by atoms with Crippen molar-refractivity contribution in [1.82, 2.24) is 0 Å². The molecule has 1 aliphatic carbocycles. The van der Waals surface area contributed by atoms with Crippen LogP contribution in [0.3, 0.4) is 0 Å². The first kappa shape index (κ1) is 13.8. The van der Waals surface area contributed by atoms with Crippen LogP contribution in [0.2, 0.25) is 0 Å². The summed E-state index contributed by atoms with van der Waals surface area (Å²) in [7, 11) is 0. The van der Waals surface area contributed by atoms with E-state index in [0.29, 0.717) is 17.5 Å². The molecule has 0 amide bonds. The van der Waals surface area contributed by atoms with E-state index in [1.807, 2.05) is 20.8 Å². The number of aliphatic hydroxyl groups excluding tert-OH is 1. The lowest BCUT2D eigenvalue weighted by Gasteiger charge is -2.25. The van der Waals surface area contributed by atoms with E-state index in [-0.39, 0.29) is 29.7 Å². The minimum absolute atomic E-state index is 0.0518. The molecule has 0 heterocycles. The molecule has 0 bridgehead atoms. The van der Waals surface area contributed by atoms with Crippen molar-refractivity contribution in [2.24, 2.45) is 0 Å². The third-order valence-electron chi connectivity index (χ3n) is 4.30. The van der Waals surface area contributed by atoms with Crippen LogP contribution in [-0.4, -0.2) is 10.9 Å². The average molecular weight is 262 g/mol. The van der Waals surface area contributed by atoms with Crippen molar-refractivity contribution in [3.05, 3.63) is 45.5 Å². The van der Waals surface area contributed by atoms with Crippen LogP contribution in [-0.2, 0) is 4.79 Å². The molecular weight excluding hydrogens is 243 g/mol. The third-order valence-corrected chi connectivity index (χ3v) is 4.30. The lowest BCUT2D eigenvalue weighted by molar-refractivity contribution is -0.115.